The van der Waals surface area contributed by atoms with Crippen molar-refractivity contribution in [1.82, 2.24) is 10.5 Å². The Kier molecular flexibility index (Phi) is 3.13. The number of urea groups is 1. The lowest BCUT2D eigenvalue weighted by Crippen LogP contribution is -2.37. The second kappa shape index (κ2) is 4.15. The lowest BCUT2D eigenvalue weighted by molar-refractivity contribution is -0.0817. The van der Waals surface area contributed by atoms with Gasteiger partial charge in [-0.1, -0.05) is 0 Å². The molecule has 0 spiro atoms. The molecule has 64 valence electrons. The van der Waals surface area contributed by atoms with Crippen LogP contribution in [0.15, 0.2) is 0 Å². The zero-order valence-electron chi connectivity index (χ0n) is 6.50. The number of hydroxylamine groups is 3. The van der Waals surface area contributed by atoms with Gasteiger partial charge in [0.1, 0.15) is 0 Å². The summed E-state index contributed by atoms with van der Waals surface area (Å²) >= 11 is 0. The van der Waals surface area contributed by atoms with Crippen LogP contribution in [-0.4, -0.2) is 30.9 Å². The van der Waals surface area contributed by atoms with Gasteiger partial charge < -0.3 is 0 Å². The fourth-order valence-corrected chi connectivity index (χ4v) is 0.792. The summed E-state index contributed by atoms with van der Waals surface area (Å²) in [5.74, 6) is 0. The molecule has 1 N–H and O–H groups in total. The molecule has 0 aromatic rings. The minimum atomic E-state index is -0.329. The SMILES string of the molecule is CCONC(=O)N1CCCO1. The highest BCUT2D eigenvalue weighted by Crippen LogP contribution is 2.03. The molecule has 5 nitrogen and oxygen atoms in total. The van der Waals surface area contributed by atoms with Crippen LogP contribution >= 0.6 is 0 Å². The molecule has 2 amide bonds. The molecule has 0 aromatic heterocycles. The second-order valence-electron chi connectivity index (χ2n) is 2.13. The number of nitrogens with zero attached hydrogens (tertiary/aromatic N) is 1. The van der Waals surface area contributed by atoms with Gasteiger partial charge in [0.05, 0.1) is 19.8 Å². The van der Waals surface area contributed by atoms with Crippen molar-refractivity contribution in [2.24, 2.45) is 0 Å². The van der Waals surface area contributed by atoms with Gasteiger partial charge in [0.25, 0.3) is 0 Å². The topological polar surface area (TPSA) is 50.8 Å². The minimum Gasteiger partial charge on any atom is -0.272 e. The monoisotopic (exact) mass is 160 g/mol. The predicted octanol–water partition coefficient (Wildman–Crippen LogP) is 0.285. The van der Waals surface area contributed by atoms with Gasteiger partial charge in [-0.15, -0.1) is 0 Å². The van der Waals surface area contributed by atoms with Gasteiger partial charge in [0, 0.05) is 0 Å². The molecule has 0 unspecified atom stereocenters. The van der Waals surface area contributed by atoms with Crippen LogP contribution in [0.4, 0.5) is 4.79 Å². The van der Waals surface area contributed by atoms with Crippen LogP contribution < -0.4 is 5.48 Å². The Balaban J connectivity index is 2.17. The molecule has 0 saturated carbocycles. The Morgan fingerprint density at radius 2 is 2.64 bits per heavy atom. The van der Waals surface area contributed by atoms with Gasteiger partial charge in [-0.3, -0.25) is 9.68 Å². The molecule has 5 heteroatoms. The van der Waals surface area contributed by atoms with E-state index in [9.17, 15) is 4.79 Å². The van der Waals surface area contributed by atoms with Crippen LogP contribution in [0.1, 0.15) is 13.3 Å². The molecule has 0 atom stereocenters. The number of nitrogens with one attached hydrogen (secondary N) is 1. The minimum absolute atomic E-state index is 0.329. The smallest absolute Gasteiger partial charge is 0.272 e. The first-order valence-corrected chi connectivity index (χ1v) is 3.67. The van der Waals surface area contributed by atoms with Crippen molar-refractivity contribution >= 4 is 6.03 Å². The average molecular weight is 160 g/mol. The molecule has 1 heterocycles. The van der Waals surface area contributed by atoms with E-state index >= 15 is 0 Å². The Morgan fingerprint density at radius 3 is 3.18 bits per heavy atom. The molecule has 0 bridgehead atoms. The van der Waals surface area contributed by atoms with E-state index in [0.29, 0.717) is 19.8 Å². The molecule has 1 aliphatic heterocycles. The molecule has 1 aliphatic rings. The average Bonchev–Trinajstić information content (AvgIpc) is 2.52. The van der Waals surface area contributed by atoms with E-state index < -0.39 is 0 Å². The Morgan fingerprint density at radius 1 is 1.82 bits per heavy atom. The van der Waals surface area contributed by atoms with Crippen LogP contribution in [-0.2, 0) is 9.68 Å². The summed E-state index contributed by atoms with van der Waals surface area (Å²) in [6, 6.07) is -0.329. The number of amides is 2. The van der Waals surface area contributed by atoms with E-state index in [4.69, 9.17) is 4.84 Å². The molecule has 0 radical (unpaired) electrons. The fourth-order valence-electron chi connectivity index (χ4n) is 0.792. The van der Waals surface area contributed by atoms with Crippen molar-refractivity contribution in [2.75, 3.05) is 19.8 Å². The Hall–Kier alpha value is -0.810. The first kappa shape index (κ1) is 8.29. The van der Waals surface area contributed by atoms with Gasteiger partial charge in [0.2, 0.25) is 0 Å². The van der Waals surface area contributed by atoms with E-state index in [1.807, 2.05) is 0 Å². The lowest BCUT2D eigenvalue weighted by Gasteiger charge is -2.13. The third kappa shape index (κ3) is 2.36. The zero-order valence-corrected chi connectivity index (χ0v) is 6.50. The maximum atomic E-state index is 11.0. The number of hydrogen-bond acceptors (Lipinski definition) is 3. The highest BCUT2D eigenvalue weighted by molar-refractivity contribution is 5.71. The molecular weight excluding hydrogens is 148 g/mol. The van der Waals surface area contributed by atoms with Crippen molar-refractivity contribution in [1.29, 1.82) is 0 Å². The lowest BCUT2D eigenvalue weighted by atomic mass is 10.5. The Bertz CT molecular complexity index is 134. The zero-order chi connectivity index (χ0) is 8.10. The van der Waals surface area contributed by atoms with Crippen molar-refractivity contribution in [3.63, 3.8) is 0 Å². The van der Waals surface area contributed by atoms with Crippen molar-refractivity contribution in [2.45, 2.75) is 13.3 Å². The van der Waals surface area contributed by atoms with Crippen LogP contribution in [0.3, 0.4) is 0 Å². The third-order valence-electron chi connectivity index (χ3n) is 1.28. The maximum absolute atomic E-state index is 11.0. The van der Waals surface area contributed by atoms with Crippen molar-refractivity contribution < 1.29 is 14.5 Å². The summed E-state index contributed by atoms with van der Waals surface area (Å²) in [4.78, 5) is 20.6. The van der Waals surface area contributed by atoms with Crippen LogP contribution in [0.25, 0.3) is 0 Å². The quantitative estimate of drug-likeness (QED) is 0.590. The van der Waals surface area contributed by atoms with Gasteiger partial charge in [-0.2, -0.15) is 0 Å². The number of carbonyl (C=O) groups is 1. The van der Waals surface area contributed by atoms with Gasteiger partial charge in [-0.05, 0) is 13.3 Å². The normalized spacial score (nSPS) is 17.0. The predicted molar refractivity (Wildman–Crippen MR) is 37.4 cm³/mol. The summed E-state index contributed by atoms with van der Waals surface area (Å²) in [5, 5.41) is 1.26. The number of hydrogen-bond donors (Lipinski definition) is 1. The summed E-state index contributed by atoms with van der Waals surface area (Å²) in [5.41, 5.74) is 2.24. The van der Waals surface area contributed by atoms with Crippen LogP contribution in [0, 0.1) is 0 Å². The van der Waals surface area contributed by atoms with Crippen LogP contribution in [0.2, 0.25) is 0 Å². The van der Waals surface area contributed by atoms with Gasteiger partial charge >= 0.3 is 6.03 Å². The molecule has 1 fully saturated rings. The van der Waals surface area contributed by atoms with E-state index in [1.54, 1.807) is 6.92 Å². The molecule has 0 aliphatic carbocycles. The molecule has 1 saturated heterocycles. The second-order valence-corrected chi connectivity index (χ2v) is 2.13. The summed E-state index contributed by atoms with van der Waals surface area (Å²) < 4.78 is 0. The number of rotatable bonds is 2. The summed E-state index contributed by atoms with van der Waals surface area (Å²) in [6.07, 6.45) is 0.888. The first-order valence-electron chi connectivity index (χ1n) is 3.67. The largest absolute Gasteiger partial charge is 0.365 e. The summed E-state index contributed by atoms with van der Waals surface area (Å²) in [6.45, 7) is 3.50. The van der Waals surface area contributed by atoms with Crippen LogP contribution in [0.5, 0.6) is 0 Å². The van der Waals surface area contributed by atoms with Gasteiger partial charge in [0.15, 0.2) is 0 Å². The van der Waals surface area contributed by atoms with E-state index in [1.165, 1.54) is 5.06 Å². The molecular formula is C6H12N2O3. The summed E-state index contributed by atoms with van der Waals surface area (Å²) in [7, 11) is 0. The maximum Gasteiger partial charge on any atom is 0.365 e. The fraction of sp³-hybridized carbons (Fsp3) is 0.833. The van der Waals surface area contributed by atoms with Gasteiger partial charge in [-0.25, -0.2) is 15.3 Å². The first-order chi connectivity index (χ1) is 5.34. The standard InChI is InChI=1S/C6H12N2O3/c1-2-10-7-6(9)8-4-3-5-11-8/h2-5H2,1H3,(H,7,9). The Labute approximate surface area is 65.2 Å². The molecule has 11 heavy (non-hydrogen) atoms. The number of carbonyl (C=O) groups excluding carboxylic acids is 1. The van der Waals surface area contributed by atoms with Crippen molar-refractivity contribution in [3.05, 3.63) is 0 Å². The van der Waals surface area contributed by atoms with E-state index in [0.717, 1.165) is 6.42 Å². The van der Waals surface area contributed by atoms with Crippen molar-refractivity contribution in [3.8, 4) is 0 Å². The molecule has 0 aromatic carbocycles. The van der Waals surface area contributed by atoms with E-state index in [-0.39, 0.29) is 6.03 Å². The highest BCUT2D eigenvalue weighted by Gasteiger charge is 2.18. The van der Waals surface area contributed by atoms with E-state index in [2.05, 4.69) is 10.3 Å². The highest BCUT2D eigenvalue weighted by atomic mass is 16.7. The molecule has 1 rings (SSSR count). The third-order valence-corrected chi connectivity index (χ3v) is 1.28.